The summed E-state index contributed by atoms with van der Waals surface area (Å²) in [6.07, 6.45) is 3.49. The van der Waals surface area contributed by atoms with Crippen LogP contribution in [-0.4, -0.2) is 11.7 Å². The van der Waals surface area contributed by atoms with Crippen molar-refractivity contribution in [2.24, 2.45) is 4.99 Å². The number of benzene rings is 4. The average Bonchev–Trinajstić information content (AvgIpc) is 3.34. The SMILES string of the molecule is COc1cc(/C=c2/sc3n(c2=O)[C@@H](c2ccc(F)cc2)C2=C(N=3)c3ccccc3CC2)cc(Br)c1OCc1ccccc1. The summed E-state index contributed by atoms with van der Waals surface area (Å²) in [5.74, 6) is 0.836. The Labute approximate surface area is 260 Å². The number of rotatable bonds is 6. The molecule has 2 aliphatic rings. The topological polar surface area (TPSA) is 52.8 Å². The summed E-state index contributed by atoms with van der Waals surface area (Å²) in [5, 5.41) is 0. The smallest absolute Gasteiger partial charge is 0.271 e. The zero-order chi connectivity index (χ0) is 29.5. The van der Waals surface area contributed by atoms with E-state index in [0.717, 1.165) is 50.8 Å². The standard InChI is InChI=1S/C35H26BrFN2O3S/c1-41-29-18-22(17-28(36)33(29)42-20-21-7-3-2-4-8-21)19-30-34(40)39-32(24-11-14-25(37)15-12-24)27-16-13-23-9-5-6-10-26(23)31(27)38-35(39)43-30/h2-12,14-15,17-19,32H,13,16,20H2,1H3/b30-19+/t32-/m0/s1. The number of aromatic nitrogens is 1. The molecule has 0 amide bonds. The lowest BCUT2D eigenvalue weighted by Crippen LogP contribution is -2.38. The molecule has 5 aromatic rings. The van der Waals surface area contributed by atoms with E-state index in [4.69, 9.17) is 14.5 Å². The van der Waals surface area contributed by atoms with Gasteiger partial charge in [0.2, 0.25) is 0 Å². The van der Waals surface area contributed by atoms with Crippen LogP contribution in [0.25, 0.3) is 11.8 Å². The summed E-state index contributed by atoms with van der Waals surface area (Å²) in [5.41, 5.74) is 6.88. The number of methoxy groups -OCH3 is 1. The maximum absolute atomic E-state index is 14.1. The molecule has 0 saturated carbocycles. The lowest BCUT2D eigenvalue weighted by molar-refractivity contribution is 0.282. The molecule has 1 aliphatic carbocycles. The number of halogens is 2. The first kappa shape index (κ1) is 27.6. The van der Waals surface area contributed by atoms with Gasteiger partial charge in [-0.25, -0.2) is 9.38 Å². The first-order valence-electron chi connectivity index (χ1n) is 13.9. The molecule has 4 aromatic carbocycles. The van der Waals surface area contributed by atoms with E-state index in [-0.39, 0.29) is 17.4 Å². The molecule has 2 heterocycles. The van der Waals surface area contributed by atoms with Crippen molar-refractivity contribution in [1.82, 2.24) is 4.57 Å². The van der Waals surface area contributed by atoms with Gasteiger partial charge in [0.1, 0.15) is 12.4 Å². The second-order valence-corrected chi connectivity index (χ2v) is 12.3. The Morgan fingerprint density at radius 3 is 2.58 bits per heavy atom. The number of allylic oxidation sites excluding steroid dienone is 1. The first-order chi connectivity index (χ1) is 21.0. The number of aryl methyl sites for hydroxylation is 1. The van der Waals surface area contributed by atoms with E-state index in [1.807, 2.05) is 60.7 Å². The average molecular weight is 654 g/mol. The third kappa shape index (κ3) is 5.15. The second-order valence-electron chi connectivity index (χ2n) is 10.5. The van der Waals surface area contributed by atoms with E-state index >= 15 is 0 Å². The summed E-state index contributed by atoms with van der Waals surface area (Å²) >= 11 is 5.00. The van der Waals surface area contributed by atoms with Crippen molar-refractivity contribution in [2.75, 3.05) is 7.11 Å². The van der Waals surface area contributed by atoms with Crippen LogP contribution in [0.15, 0.2) is 111 Å². The number of nitrogens with zero attached hydrogens (tertiary/aromatic N) is 2. The summed E-state index contributed by atoms with van der Waals surface area (Å²) < 4.78 is 28.7. The van der Waals surface area contributed by atoms with E-state index in [9.17, 15) is 9.18 Å². The van der Waals surface area contributed by atoms with Crippen LogP contribution in [0.1, 0.15) is 40.3 Å². The summed E-state index contributed by atoms with van der Waals surface area (Å²) in [6.45, 7) is 0.394. The van der Waals surface area contributed by atoms with Gasteiger partial charge in [0, 0.05) is 5.56 Å². The van der Waals surface area contributed by atoms with Crippen LogP contribution in [-0.2, 0) is 13.0 Å². The van der Waals surface area contributed by atoms with Crippen molar-refractivity contribution in [1.29, 1.82) is 0 Å². The maximum Gasteiger partial charge on any atom is 0.271 e. The highest BCUT2D eigenvalue weighted by atomic mass is 79.9. The van der Waals surface area contributed by atoms with Crippen molar-refractivity contribution < 1.29 is 13.9 Å². The van der Waals surface area contributed by atoms with Crippen molar-refractivity contribution in [3.05, 3.63) is 154 Å². The third-order valence-electron chi connectivity index (χ3n) is 7.83. The molecule has 0 radical (unpaired) electrons. The van der Waals surface area contributed by atoms with Gasteiger partial charge in [-0.2, -0.15) is 0 Å². The van der Waals surface area contributed by atoms with Gasteiger partial charge in [0.05, 0.1) is 27.9 Å². The zero-order valence-corrected chi connectivity index (χ0v) is 25.6. The van der Waals surface area contributed by atoms with Crippen LogP contribution in [0.2, 0.25) is 0 Å². The molecule has 0 N–H and O–H groups in total. The molecule has 7 rings (SSSR count). The molecule has 8 heteroatoms. The molecular formula is C35H26BrFN2O3S. The van der Waals surface area contributed by atoms with Gasteiger partial charge in [0.15, 0.2) is 16.3 Å². The van der Waals surface area contributed by atoms with Crippen molar-refractivity contribution in [3.8, 4) is 11.5 Å². The number of ether oxygens (including phenoxy) is 2. The number of hydrogen-bond donors (Lipinski definition) is 0. The fourth-order valence-electron chi connectivity index (χ4n) is 5.81. The lowest BCUT2D eigenvalue weighted by atomic mass is 9.83. The van der Waals surface area contributed by atoms with E-state index in [0.29, 0.717) is 27.4 Å². The predicted octanol–water partition coefficient (Wildman–Crippen LogP) is 6.81. The minimum atomic E-state index is -0.364. The lowest BCUT2D eigenvalue weighted by Gasteiger charge is -2.30. The van der Waals surface area contributed by atoms with Crippen LogP contribution in [0, 0.1) is 5.82 Å². The second kappa shape index (κ2) is 11.4. The van der Waals surface area contributed by atoms with Crippen molar-refractivity contribution in [3.63, 3.8) is 0 Å². The van der Waals surface area contributed by atoms with Crippen LogP contribution in [0.3, 0.4) is 0 Å². The Hall–Kier alpha value is -4.27. The van der Waals surface area contributed by atoms with Crippen LogP contribution < -0.4 is 24.4 Å². The largest absolute Gasteiger partial charge is 0.493 e. The molecule has 43 heavy (non-hydrogen) atoms. The molecule has 0 bridgehead atoms. The molecule has 0 fully saturated rings. The summed E-state index contributed by atoms with van der Waals surface area (Å²) in [7, 11) is 1.60. The molecule has 0 saturated heterocycles. The van der Waals surface area contributed by atoms with Gasteiger partial charge in [-0.15, -0.1) is 0 Å². The molecule has 1 atom stereocenters. The molecular weight excluding hydrogens is 627 g/mol. The Balaban J connectivity index is 1.34. The van der Waals surface area contributed by atoms with E-state index in [1.54, 1.807) is 23.8 Å². The van der Waals surface area contributed by atoms with Crippen molar-refractivity contribution in [2.45, 2.75) is 25.5 Å². The first-order valence-corrected chi connectivity index (χ1v) is 15.5. The van der Waals surface area contributed by atoms with Gasteiger partial charge in [0.25, 0.3) is 5.56 Å². The highest BCUT2D eigenvalue weighted by molar-refractivity contribution is 9.10. The number of fused-ring (bicyclic) bond motifs is 3. The minimum absolute atomic E-state index is 0.136. The minimum Gasteiger partial charge on any atom is -0.493 e. The fraction of sp³-hybridized carbons (Fsp3) is 0.143. The van der Waals surface area contributed by atoms with Crippen LogP contribution in [0.5, 0.6) is 11.5 Å². The quantitative estimate of drug-likeness (QED) is 0.203. The van der Waals surface area contributed by atoms with E-state index in [2.05, 4.69) is 28.1 Å². The maximum atomic E-state index is 14.1. The van der Waals surface area contributed by atoms with Gasteiger partial charge in [-0.05, 0) is 86.9 Å². The van der Waals surface area contributed by atoms with E-state index < -0.39 is 0 Å². The molecule has 0 unspecified atom stereocenters. The third-order valence-corrected chi connectivity index (χ3v) is 9.41. The molecule has 0 spiro atoms. The van der Waals surface area contributed by atoms with Crippen molar-refractivity contribution >= 4 is 39.0 Å². The summed E-state index contributed by atoms with van der Waals surface area (Å²) in [4.78, 5) is 19.7. The Morgan fingerprint density at radius 2 is 1.79 bits per heavy atom. The monoisotopic (exact) mass is 652 g/mol. The Morgan fingerprint density at radius 1 is 1.02 bits per heavy atom. The number of thiazole rings is 1. The van der Waals surface area contributed by atoms with Gasteiger partial charge in [-0.3, -0.25) is 9.36 Å². The molecule has 214 valence electrons. The van der Waals surface area contributed by atoms with Crippen LogP contribution in [0.4, 0.5) is 4.39 Å². The van der Waals surface area contributed by atoms with E-state index in [1.165, 1.54) is 29.0 Å². The van der Waals surface area contributed by atoms with Gasteiger partial charge >= 0.3 is 0 Å². The number of hydrogen-bond acceptors (Lipinski definition) is 5. The highest BCUT2D eigenvalue weighted by Gasteiger charge is 2.32. The normalized spacial score (nSPS) is 15.8. The fourth-order valence-corrected chi connectivity index (χ4v) is 7.39. The van der Waals surface area contributed by atoms with Gasteiger partial charge in [-0.1, -0.05) is 78.1 Å². The Bertz CT molecular complexity index is 2070. The van der Waals surface area contributed by atoms with Gasteiger partial charge < -0.3 is 9.47 Å². The Kier molecular flexibility index (Phi) is 7.33. The molecule has 5 nitrogen and oxygen atoms in total. The molecule has 1 aliphatic heterocycles. The summed E-state index contributed by atoms with van der Waals surface area (Å²) in [6, 6.07) is 28.1. The zero-order valence-electron chi connectivity index (χ0n) is 23.2. The molecule has 1 aromatic heterocycles. The van der Waals surface area contributed by atoms with Crippen LogP contribution >= 0.6 is 27.3 Å². The highest BCUT2D eigenvalue weighted by Crippen LogP contribution is 2.41. The predicted molar refractivity (Wildman–Crippen MR) is 171 cm³/mol.